The second-order valence-electron chi connectivity index (χ2n) is 4.34. The predicted molar refractivity (Wildman–Crippen MR) is 77.1 cm³/mol. The Balaban J connectivity index is 0. The fraction of sp³-hybridized carbons (Fsp3) is 0.917. The zero-order valence-corrected chi connectivity index (χ0v) is 12.6. The van der Waals surface area contributed by atoms with Crippen LogP contribution in [0.3, 0.4) is 0 Å². The number of likely N-dealkylation sites (N-methyl/N-ethyl adjacent to an activating group) is 1. The molecule has 0 saturated carbocycles. The number of hydrogen-bond donors (Lipinski definition) is 2. The minimum atomic E-state index is -0.362. The SMILES string of the molecule is CCCC(N)C(=O)NCCN(C)CCCOC.Cl. The fourth-order valence-corrected chi connectivity index (χ4v) is 1.53. The monoisotopic (exact) mass is 281 g/mol. The lowest BCUT2D eigenvalue weighted by Crippen LogP contribution is -2.43. The van der Waals surface area contributed by atoms with Crippen LogP contribution in [0, 0.1) is 0 Å². The number of halogens is 1. The summed E-state index contributed by atoms with van der Waals surface area (Å²) in [5, 5.41) is 2.85. The molecule has 1 unspecified atom stereocenters. The minimum absolute atomic E-state index is 0. The lowest BCUT2D eigenvalue weighted by Gasteiger charge is -2.17. The molecule has 0 aliphatic rings. The highest BCUT2D eigenvalue weighted by atomic mass is 35.5. The average molecular weight is 282 g/mol. The number of nitrogens with zero attached hydrogens (tertiary/aromatic N) is 1. The van der Waals surface area contributed by atoms with Crippen LogP contribution >= 0.6 is 12.4 Å². The topological polar surface area (TPSA) is 67.6 Å². The van der Waals surface area contributed by atoms with Gasteiger partial charge in [-0.1, -0.05) is 13.3 Å². The van der Waals surface area contributed by atoms with Gasteiger partial charge in [-0.15, -0.1) is 12.4 Å². The lowest BCUT2D eigenvalue weighted by atomic mass is 10.2. The van der Waals surface area contributed by atoms with E-state index in [0.717, 1.165) is 39.0 Å². The Labute approximate surface area is 117 Å². The molecule has 0 bridgehead atoms. The molecule has 0 fully saturated rings. The maximum atomic E-state index is 11.5. The van der Waals surface area contributed by atoms with Crippen LogP contribution in [-0.4, -0.2) is 57.2 Å². The van der Waals surface area contributed by atoms with Crippen molar-refractivity contribution in [1.82, 2.24) is 10.2 Å². The third-order valence-corrected chi connectivity index (χ3v) is 2.62. The molecule has 6 heteroatoms. The molecule has 0 aromatic rings. The molecule has 5 nitrogen and oxygen atoms in total. The van der Waals surface area contributed by atoms with E-state index in [9.17, 15) is 4.79 Å². The normalized spacial score (nSPS) is 12.1. The van der Waals surface area contributed by atoms with Crippen LogP contribution in [0.4, 0.5) is 0 Å². The number of hydrogen-bond acceptors (Lipinski definition) is 4. The van der Waals surface area contributed by atoms with Crippen molar-refractivity contribution in [3.05, 3.63) is 0 Å². The highest BCUT2D eigenvalue weighted by molar-refractivity contribution is 5.85. The molecule has 1 amide bonds. The number of amides is 1. The van der Waals surface area contributed by atoms with E-state index < -0.39 is 0 Å². The zero-order chi connectivity index (χ0) is 13.1. The van der Waals surface area contributed by atoms with Crippen LogP contribution in [-0.2, 0) is 9.53 Å². The number of nitrogens with one attached hydrogen (secondary N) is 1. The predicted octanol–water partition coefficient (Wildman–Crippen LogP) is 0.620. The summed E-state index contributed by atoms with van der Waals surface area (Å²) in [6, 6.07) is -0.362. The molecule has 3 N–H and O–H groups in total. The van der Waals surface area contributed by atoms with Gasteiger partial charge in [0.15, 0.2) is 0 Å². The quantitative estimate of drug-likeness (QED) is 0.576. The molecule has 0 spiro atoms. The van der Waals surface area contributed by atoms with Gasteiger partial charge in [-0.3, -0.25) is 4.79 Å². The Kier molecular flexibility index (Phi) is 14.5. The first kappa shape index (κ1) is 20.0. The van der Waals surface area contributed by atoms with Crippen LogP contribution in [0.15, 0.2) is 0 Å². The van der Waals surface area contributed by atoms with E-state index in [2.05, 4.69) is 10.2 Å². The molecule has 0 saturated heterocycles. The van der Waals surface area contributed by atoms with Gasteiger partial charge in [0.1, 0.15) is 0 Å². The van der Waals surface area contributed by atoms with E-state index in [1.807, 2.05) is 14.0 Å². The largest absolute Gasteiger partial charge is 0.385 e. The van der Waals surface area contributed by atoms with Crippen molar-refractivity contribution in [1.29, 1.82) is 0 Å². The van der Waals surface area contributed by atoms with Gasteiger partial charge in [0.2, 0.25) is 5.91 Å². The van der Waals surface area contributed by atoms with E-state index in [1.54, 1.807) is 7.11 Å². The summed E-state index contributed by atoms with van der Waals surface area (Å²) in [4.78, 5) is 13.7. The van der Waals surface area contributed by atoms with Gasteiger partial charge in [0.25, 0.3) is 0 Å². The molecule has 0 heterocycles. The molecule has 0 aliphatic heterocycles. The number of ether oxygens (including phenoxy) is 1. The Hall–Kier alpha value is -0.360. The smallest absolute Gasteiger partial charge is 0.236 e. The van der Waals surface area contributed by atoms with Crippen LogP contribution in [0.5, 0.6) is 0 Å². The number of carbonyl (C=O) groups excluding carboxylic acids is 1. The zero-order valence-electron chi connectivity index (χ0n) is 11.8. The highest BCUT2D eigenvalue weighted by Crippen LogP contribution is 1.93. The van der Waals surface area contributed by atoms with E-state index >= 15 is 0 Å². The summed E-state index contributed by atoms with van der Waals surface area (Å²) in [5.74, 6) is -0.0443. The van der Waals surface area contributed by atoms with Crippen molar-refractivity contribution in [3.63, 3.8) is 0 Å². The van der Waals surface area contributed by atoms with Crippen LogP contribution in [0.1, 0.15) is 26.2 Å². The summed E-state index contributed by atoms with van der Waals surface area (Å²) in [6.07, 6.45) is 2.69. The maximum absolute atomic E-state index is 11.5. The molecular formula is C12H28ClN3O2. The molecule has 0 rings (SSSR count). The molecule has 0 aliphatic carbocycles. The number of carbonyl (C=O) groups is 1. The molecule has 0 radical (unpaired) electrons. The molecule has 0 aromatic heterocycles. The summed E-state index contributed by atoms with van der Waals surface area (Å²) in [6.45, 7) is 5.27. The Morgan fingerprint density at radius 3 is 2.67 bits per heavy atom. The number of nitrogens with two attached hydrogens (primary N) is 1. The van der Waals surface area contributed by atoms with Crippen molar-refractivity contribution in [2.24, 2.45) is 5.73 Å². The summed E-state index contributed by atoms with van der Waals surface area (Å²) >= 11 is 0. The van der Waals surface area contributed by atoms with Crippen molar-refractivity contribution >= 4 is 18.3 Å². The molecule has 18 heavy (non-hydrogen) atoms. The van der Waals surface area contributed by atoms with Crippen molar-refractivity contribution in [3.8, 4) is 0 Å². The summed E-state index contributed by atoms with van der Waals surface area (Å²) < 4.78 is 4.98. The Morgan fingerprint density at radius 2 is 2.11 bits per heavy atom. The highest BCUT2D eigenvalue weighted by Gasteiger charge is 2.11. The standard InChI is InChI=1S/C12H27N3O2.ClH/c1-4-6-11(13)12(16)14-7-9-15(2)8-5-10-17-3;/h11H,4-10,13H2,1-3H3,(H,14,16);1H. The minimum Gasteiger partial charge on any atom is -0.385 e. The summed E-state index contributed by atoms with van der Waals surface area (Å²) in [7, 11) is 3.74. The van der Waals surface area contributed by atoms with Crippen LogP contribution < -0.4 is 11.1 Å². The number of rotatable bonds is 10. The molecule has 1 atom stereocenters. The lowest BCUT2D eigenvalue weighted by molar-refractivity contribution is -0.122. The first-order chi connectivity index (χ1) is 8.11. The van der Waals surface area contributed by atoms with Crippen molar-refractivity contribution in [2.75, 3.05) is 40.4 Å². The molecular weight excluding hydrogens is 254 g/mol. The first-order valence-electron chi connectivity index (χ1n) is 6.32. The van der Waals surface area contributed by atoms with Crippen LogP contribution in [0.25, 0.3) is 0 Å². The molecule has 0 aromatic carbocycles. The van der Waals surface area contributed by atoms with E-state index in [0.29, 0.717) is 6.54 Å². The Morgan fingerprint density at radius 1 is 1.44 bits per heavy atom. The van der Waals surface area contributed by atoms with Gasteiger partial charge in [-0.05, 0) is 19.9 Å². The van der Waals surface area contributed by atoms with E-state index in [1.165, 1.54) is 0 Å². The van der Waals surface area contributed by atoms with Gasteiger partial charge in [-0.2, -0.15) is 0 Å². The second kappa shape index (κ2) is 13.1. The number of methoxy groups -OCH3 is 1. The van der Waals surface area contributed by atoms with Gasteiger partial charge in [0.05, 0.1) is 6.04 Å². The van der Waals surface area contributed by atoms with E-state index in [4.69, 9.17) is 10.5 Å². The fourth-order valence-electron chi connectivity index (χ4n) is 1.53. The van der Waals surface area contributed by atoms with Gasteiger partial charge < -0.3 is 20.7 Å². The van der Waals surface area contributed by atoms with E-state index in [-0.39, 0.29) is 24.4 Å². The van der Waals surface area contributed by atoms with Crippen molar-refractivity contribution < 1.29 is 9.53 Å². The average Bonchev–Trinajstić information content (AvgIpc) is 2.29. The van der Waals surface area contributed by atoms with Gasteiger partial charge >= 0.3 is 0 Å². The second-order valence-corrected chi connectivity index (χ2v) is 4.34. The van der Waals surface area contributed by atoms with Gasteiger partial charge in [0, 0.05) is 33.4 Å². The third kappa shape index (κ3) is 10.8. The Bertz CT molecular complexity index is 206. The summed E-state index contributed by atoms with van der Waals surface area (Å²) in [5.41, 5.74) is 5.70. The maximum Gasteiger partial charge on any atom is 0.236 e. The molecule has 110 valence electrons. The van der Waals surface area contributed by atoms with Gasteiger partial charge in [-0.25, -0.2) is 0 Å². The van der Waals surface area contributed by atoms with Crippen LogP contribution in [0.2, 0.25) is 0 Å². The first-order valence-corrected chi connectivity index (χ1v) is 6.32. The van der Waals surface area contributed by atoms with Crippen molar-refractivity contribution in [2.45, 2.75) is 32.2 Å². The third-order valence-electron chi connectivity index (χ3n) is 2.62.